The fourth-order valence-electron chi connectivity index (χ4n) is 4.43. The van der Waals surface area contributed by atoms with E-state index in [9.17, 15) is 24.6 Å². The van der Waals surface area contributed by atoms with Gasteiger partial charge >= 0.3 is 5.97 Å². The molecule has 0 bridgehead atoms. The number of nitrogens with zero attached hydrogens (tertiary/aromatic N) is 2. The zero-order valence-electron chi connectivity index (χ0n) is 18.0. The molecule has 0 saturated carbocycles. The summed E-state index contributed by atoms with van der Waals surface area (Å²) in [5.74, 6) is -1.97. The van der Waals surface area contributed by atoms with E-state index in [1.54, 1.807) is 35.6 Å². The molecule has 33 heavy (non-hydrogen) atoms. The highest BCUT2D eigenvalue weighted by Crippen LogP contribution is 2.35. The first-order chi connectivity index (χ1) is 15.8. The van der Waals surface area contributed by atoms with Crippen LogP contribution in [0.25, 0.3) is 6.08 Å². The number of aryl methyl sites for hydroxylation is 1. The fraction of sp³-hybridized carbons (Fsp3) is 0.375. The van der Waals surface area contributed by atoms with Crippen LogP contribution < -0.4 is 0 Å². The Kier molecular flexibility index (Phi) is 6.88. The first kappa shape index (κ1) is 23.5. The summed E-state index contributed by atoms with van der Waals surface area (Å²) >= 11 is 7.56. The smallest absolute Gasteiger partial charge is 0.323 e. The maximum absolute atomic E-state index is 13.5. The van der Waals surface area contributed by atoms with Crippen LogP contribution in [0.4, 0.5) is 0 Å². The minimum absolute atomic E-state index is 0.0366. The van der Waals surface area contributed by atoms with Gasteiger partial charge in [0.2, 0.25) is 5.91 Å². The van der Waals surface area contributed by atoms with Crippen LogP contribution in [-0.4, -0.2) is 63.0 Å². The third kappa shape index (κ3) is 4.69. The van der Waals surface area contributed by atoms with Crippen molar-refractivity contribution in [2.45, 2.75) is 37.8 Å². The lowest BCUT2D eigenvalue weighted by Crippen LogP contribution is -2.71. The molecule has 4 rings (SSSR count). The van der Waals surface area contributed by atoms with Crippen LogP contribution in [0.1, 0.15) is 34.4 Å². The second-order valence-corrected chi connectivity index (χ2v) is 9.78. The molecule has 2 aliphatic rings. The summed E-state index contributed by atoms with van der Waals surface area (Å²) in [5, 5.41) is 22.1. The van der Waals surface area contributed by atoms with Gasteiger partial charge in [0.1, 0.15) is 12.1 Å². The zero-order valence-corrected chi connectivity index (χ0v) is 19.6. The van der Waals surface area contributed by atoms with Crippen LogP contribution >= 0.6 is 22.9 Å². The Labute approximate surface area is 200 Å². The normalized spacial score (nSPS) is 19.0. The Hall–Kier alpha value is -2.68. The van der Waals surface area contributed by atoms with Crippen molar-refractivity contribution < 1.29 is 24.6 Å². The van der Waals surface area contributed by atoms with Gasteiger partial charge in [0.15, 0.2) is 0 Å². The van der Waals surface area contributed by atoms with E-state index < -0.39 is 30.6 Å². The Bertz CT molecular complexity index is 1090. The highest BCUT2D eigenvalue weighted by atomic mass is 35.5. The van der Waals surface area contributed by atoms with E-state index in [1.807, 2.05) is 11.5 Å². The number of aliphatic carboxylic acids is 1. The number of rotatable bonds is 8. The Balaban J connectivity index is 1.53. The van der Waals surface area contributed by atoms with Gasteiger partial charge in [-0.1, -0.05) is 35.9 Å². The van der Waals surface area contributed by atoms with Gasteiger partial charge in [-0.2, -0.15) is 0 Å². The second kappa shape index (κ2) is 9.67. The molecule has 1 saturated heterocycles. The van der Waals surface area contributed by atoms with E-state index in [2.05, 4.69) is 6.08 Å². The van der Waals surface area contributed by atoms with Crippen molar-refractivity contribution in [2.24, 2.45) is 0 Å². The van der Waals surface area contributed by atoms with Crippen LogP contribution in [0.3, 0.4) is 0 Å². The molecule has 2 aromatic rings. The number of likely N-dealkylation sites (tertiary alicyclic amines) is 1. The van der Waals surface area contributed by atoms with Crippen molar-refractivity contribution in [1.82, 2.24) is 9.80 Å². The molecule has 0 spiro atoms. The van der Waals surface area contributed by atoms with Gasteiger partial charge in [-0.3, -0.25) is 14.4 Å². The molecule has 1 aliphatic heterocycles. The van der Waals surface area contributed by atoms with Crippen molar-refractivity contribution in [3.63, 3.8) is 0 Å². The molecule has 1 atom stereocenters. The highest BCUT2D eigenvalue weighted by Gasteiger charge is 2.54. The van der Waals surface area contributed by atoms with Gasteiger partial charge in [0, 0.05) is 23.0 Å². The molecule has 7 nitrogen and oxygen atoms in total. The molecule has 1 aliphatic carbocycles. The number of amides is 2. The molecule has 2 N–H and O–H groups in total. The maximum Gasteiger partial charge on any atom is 0.323 e. The van der Waals surface area contributed by atoms with Crippen LogP contribution in [-0.2, 0) is 33.8 Å². The number of carboxylic acids is 1. The van der Waals surface area contributed by atoms with Crippen LogP contribution in [0, 0.1) is 0 Å². The summed E-state index contributed by atoms with van der Waals surface area (Å²) in [7, 11) is 0. The first-order valence-electron chi connectivity index (χ1n) is 10.8. The zero-order chi connectivity index (χ0) is 23.6. The first-order valence-corrected chi connectivity index (χ1v) is 12.0. The van der Waals surface area contributed by atoms with Gasteiger partial charge in [-0.25, -0.2) is 0 Å². The third-order valence-corrected chi connectivity index (χ3v) is 7.64. The Morgan fingerprint density at radius 3 is 2.61 bits per heavy atom. The molecule has 0 radical (unpaired) electrons. The molecule has 1 aromatic heterocycles. The lowest BCUT2D eigenvalue weighted by atomic mass is 9.82. The summed E-state index contributed by atoms with van der Waals surface area (Å²) < 4.78 is 0. The number of benzene rings is 1. The maximum atomic E-state index is 13.5. The average molecular weight is 489 g/mol. The third-order valence-electron chi connectivity index (χ3n) is 6.28. The standard InChI is InChI=1S/C24H25ClN2O5S/c25-18-7-5-16(6-8-18)12-26(13-22(30)31)23(32)24(15-28)9-10-27(24)21(29)11-17-14-33-20-4-2-1-3-19(17)20/h1,3,5-8,14,28H,2,4,9-13,15H2,(H,30,31). The Morgan fingerprint density at radius 1 is 1.21 bits per heavy atom. The number of thiophene rings is 1. The summed E-state index contributed by atoms with van der Waals surface area (Å²) in [6, 6.07) is 6.76. The lowest BCUT2D eigenvalue weighted by molar-refractivity contribution is -0.172. The van der Waals surface area contributed by atoms with E-state index in [4.69, 9.17) is 11.6 Å². The molecule has 2 heterocycles. The number of allylic oxidation sites excluding steroid dienone is 1. The fourth-order valence-corrected chi connectivity index (χ4v) is 5.61. The van der Waals surface area contributed by atoms with Crippen LogP contribution in [0.5, 0.6) is 0 Å². The topological polar surface area (TPSA) is 98.2 Å². The number of hydrogen-bond donors (Lipinski definition) is 2. The van der Waals surface area contributed by atoms with E-state index in [0.29, 0.717) is 17.1 Å². The predicted octanol–water partition coefficient (Wildman–Crippen LogP) is 2.98. The average Bonchev–Trinajstić information content (AvgIpc) is 3.17. The number of carbonyl (C=O) groups excluding carboxylic acids is 2. The summed E-state index contributed by atoms with van der Waals surface area (Å²) in [5.41, 5.74) is 1.27. The largest absolute Gasteiger partial charge is 0.480 e. The summed E-state index contributed by atoms with van der Waals surface area (Å²) in [6.07, 6.45) is 6.51. The van der Waals surface area contributed by atoms with Crippen molar-refractivity contribution in [3.8, 4) is 0 Å². The molecule has 1 unspecified atom stereocenters. The van der Waals surface area contributed by atoms with E-state index in [0.717, 1.165) is 24.0 Å². The number of aliphatic hydroxyl groups is 1. The van der Waals surface area contributed by atoms with Crippen molar-refractivity contribution in [1.29, 1.82) is 0 Å². The molecular formula is C24H25ClN2O5S. The van der Waals surface area contributed by atoms with Gasteiger partial charge in [-0.15, -0.1) is 11.3 Å². The number of fused-ring (bicyclic) bond motifs is 1. The second-order valence-electron chi connectivity index (χ2n) is 8.38. The summed E-state index contributed by atoms with van der Waals surface area (Å²) in [6.45, 7) is -0.714. The Morgan fingerprint density at radius 2 is 1.97 bits per heavy atom. The van der Waals surface area contributed by atoms with E-state index in [-0.39, 0.29) is 25.3 Å². The molecule has 1 fully saturated rings. The lowest BCUT2D eigenvalue weighted by Gasteiger charge is -2.51. The minimum Gasteiger partial charge on any atom is -0.480 e. The van der Waals surface area contributed by atoms with Gasteiger partial charge in [-0.05, 0) is 53.5 Å². The number of halogens is 1. The van der Waals surface area contributed by atoms with E-state index >= 15 is 0 Å². The number of carboxylic acid groups (broad SMARTS) is 1. The molecule has 9 heteroatoms. The number of carbonyl (C=O) groups is 3. The summed E-state index contributed by atoms with van der Waals surface area (Å²) in [4.78, 5) is 42.0. The monoisotopic (exact) mass is 488 g/mol. The molecule has 1 aromatic carbocycles. The highest BCUT2D eigenvalue weighted by molar-refractivity contribution is 7.10. The number of aliphatic hydroxyl groups excluding tert-OH is 1. The van der Waals surface area contributed by atoms with Crippen LogP contribution in [0.2, 0.25) is 5.02 Å². The van der Waals surface area contributed by atoms with Crippen molar-refractivity contribution >= 4 is 46.8 Å². The van der Waals surface area contributed by atoms with Gasteiger partial charge < -0.3 is 20.0 Å². The molecule has 174 valence electrons. The van der Waals surface area contributed by atoms with Gasteiger partial charge in [0.25, 0.3) is 5.91 Å². The quantitative estimate of drug-likeness (QED) is 0.595. The predicted molar refractivity (Wildman–Crippen MR) is 126 cm³/mol. The molecule has 2 amide bonds. The minimum atomic E-state index is -1.44. The molecular weight excluding hydrogens is 464 g/mol. The van der Waals surface area contributed by atoms with Crippen molar-refractivity contribution in [2.75, 3.05) is 19.7 Å². The SMILES string of the molecule is O=C(O)CN(Cc1ccc(Cl)cc1)C(=O)C1(CO)CCN1C(=O)Cc1csc2c1C=CCC2. The van der Waals surface area contributed by atoms with Crippen molar-refractivity contribution in [3.05, 3.63) is 62.3 Å². The van der Waals surface area contributed by atoms with Gasteiger partial charge in [0.05, 0.1) is 13.0 Å². The number of hydrogen-bond acceptors (Lipinski definition) is 5. The van der Waals surface area contributed by atoms with E-state index in [1.165, 1.54) is 14.7 Å². The van der Waals surface area contributed by atoms with Crippen LogP contribution in [0.15, 0.2) is 35.7 Å².